The summed E-state index contributed by atoms with van der Waals surface area (Å²) in [7, 11) is 2.17. The van der Waals surface area contributed by atoms with E-state index in [1.807, 2.05) is 19.3 Å². The molecule has 1 saturated heterocycles. The molecular weight excluding hydrogens is 350 g/mol. The molecule has 0 spiro atoms. The fourth-order valence-electron chi connectivity index (χ4n) is 3.63. The Balaban J connectivity index is 1.56. The number of likely N-dealkylation sites (N-methyl/N-ethyl adjacent to an activating group) is 1. The predicted molar refractivity (Wildman–Crippen MR) is 115 cm³/mol. The number of carbonyl (C=O) groups is 1. The molecule has 2 aromatic heterocycles. The molecule has 0 aliphatic carbocycles. The fraction of sp³-hybridized carbons (Fsp3) is 0.364. The van der Waals surface area contributed by atoms with Crippen LogP contribution in [0.25, 0.3) is 22.2 Å². The van der Waals surface area contributed by atoms with E-state index in [-0.39, 0.29) is 5.91 Å². The van der Waals surface area contributed by atoms with Gasteiger partial charge in [-0.1, -0.05) is 19.1 Å². The third-order valence-corrected chi connectivity index (χ3v) is 5.35. The number of hydrogen-bond acceptors (Lipinski definition) is 4. The van der Waals surface area contributed by atoms with Crippen LogP contribution in [0.3, 0.4) is 0 Å². The molecule has 28 heavy (non-hydrogen) atoms. The van der Waals surface area contributed by atoms with Gasteiger partial charge in [-0.3, -0.25) is 4.79 Å². The molecule has 1 aliphatic rings. The number of hydrogen-bond donors (Lipinski definition) is 2. The highest BCUT2D eigenvalue weighted by atomic mass is 16.1. The smallest absolute Gasteiger partial charge is 0.224 e. The molecule has 146 valence electrons. The van der Waals surface area contributed by atoms with Crippen LogP contribution in [-0.4, -0.2) is 54.0 Å². The molecule has 0 radical (unpaired) electrons. The number of nitrogens with zero attached hydrogens (tertiary/aromatic N) is 3. The molecule has 1 aromatic carbocycles. The molecule has 0 atom stereocenters. The summed E-state index contributed by atoms with van der Waals surface area (Å²) in [6, 6.07) is 10.8. The topological polar surface area (TPSA) is 64.3 Å². The minimum Gasteiger partial charge on any atom is -0.369 e. The first-order chi connectivity index (χ1) is 13.6. The van der Waals surface area contributed by atoms with Crippen molar-refractivity contribution in [1.29, 1.82) is 0 Å². The normalized spacial score (nSPS) is 15.1. The maximum Gasteiger partial charge on any atom is 0.224 e. The maximum absolute atomic E-state index is 12.0. The van der Waals surface area contributed by atoms with E-state index in [2.05, 4.69) is 62.5 Å². The van der Waals surface area contributed by atoms with E-state index in [0.717, 1.165) is 60.4 Å². The van der Waals surface area contributed by atoms with Gasteiger partial charge >= 0.3 is 0 Å². The number of nitrogens with one attached hydrogen (secondary N) is 2. The molecule has 1 fully saturated rings. The highest BCUT2D eigenvalue weighted by Gasteiger charge is 2.14. The van der Waals surface area contributed by atoms with Crippen LogP contribution in [0.5, 0.6) is 0 Å². The zero-order valence-corrected chi connectivity index (χ0v) is 16.5. The summed E-state index contributed by atoms with van der Waals surface area (Å²) in [4.78, 5) is 24.4. The summed E-state index contributed by atoms with van der Waals surface area (Å²) in [6.45, 7) is 6.33. The molecule has 0 bridgehead atoms. The monoisotopic (exact) mass is 377 g/mol. The second kappa shape index (κ2) is 8.02. The summed E-state index contributed by atoms with van der Waals surface area (Å²) >= 11 is 0. The molecule has 3 heterocycles. The van der Waals surface area contributed by atoms with Crippen molar-refractivity contribution in [2.24, 2.45) is 0 Å². The van der Waals surface area contributed by atoms with Gasteiger partial charge in [0.25, 0.3) is 0 Å². The van der Waals surface area contributed by atoms with Crippen LogP contribution < -0.4 is 10.2 Å². The Hall–Kier alpha value is -2.86. The number of pyridine rings is 1. The molecular formula is C22H27N5O. The van der Waals surface area contributed by atoms with E-state index in [1.165, 1.54) is 5.69 Å². The number of carbonyl (C=O) groups excluding carboxylic acids is 1. The number of H-pyrrole nitrogens is 1. The molecule has 3 aromatic rings. The number of piperazine rings is 1. The average Bonchev–Trinajstić information content (AvgIpc) is 3.11. The number of aromatic amines is 1. The highest BCUT2D eigenvalue weighted by molar-refractivity contribution is 6.01. The van der Waals surface area contributed by atoms with Crippen LogP contribution in [0.15, 0.2) is 42.7 Å². The SMILES string of the molecule is CCCC(=O)Nc1c[nH]c2ncc(-c3ccc(N4CCN(C)CC4)cc3)cc12. The van der Waals surface area contributed by atoms with Gasteiger partial charge < -0.3 is 20.1 Å². The van der Waals surface area contributed by atoms with E-state index < -0.39 is 0 Å². The van der Waals surface area contributed by atoms with Gasteiger partial charge in [0.2, 0.25) is 5.91 Å². The number of aromatic nitrogens is 2. The molecule has 1 amide bonds. The third kappa shape index (κ3) is 3.87. The molecule has 0 saturated carbocycles. The van der Waals surface area contributed by atoms with Gasteiger partial charge in [0, 0.05) is 61.6 Å². The highest BCUT2D eigenvalue weighted by Crippen LogP contribution is 2.29. The lowest BCUT2D eigenvalue weighted by Gasteiger charge is -2.34. The molecule has 2 N–H and O–H groups in total. The molecule has 0 unspecified atom stereocenters. The van der Waals surface area contributed by atoms with Crippen LogP contribution in [0.2, 0.25) is 0 Å². The van der Waals surface area contributed by atoms with Gasteiger partial charge in [0.05, 0.1) is 5.69 Å². The van der Waals surface area contributed by atoms with Crippen molar-refractivity contribution in [2.45, 2.75) is 19.8 Å². The molecule has 1 aliphatic heterocycles. The minimum atomic E-state index is 0.0327. The summed E-state index contributed by atoms with van der Waals surface area (Å²) in [5.41, 5.74) is 5.00. The summed E-state index contributed by atoms with van der Waals surface area (Å²) in [5.74, 6) is 0.0327. The lowest BCUT2D eigenvalue weighted by atomic mass is 10.1. The van der Waals surface area contributed by atoms with Gasteiger partial charge in [0.1, 0.15) is 5.65 Å². The van der Waals surface area contributed by atoms with Gasteiger partial charge in [-0.05, 0) is 37.2 Å². The standard InChI is InChI=1S/C22H27N5O/c1-3-4-21(28)25-20-15-24-22-19(20)13-17(14-23-22)16-5-7-18(8-6-16)27-11-9-26(2)10-12-27/h5-8,13-15H,3-4,9-12H2,1-2H3,(H,23,24)(H,25,28). The average molecular weight is 377 g/mol. The van der Waals surface area contributed by atoms with Crippen LogP contribution in [0.4, 0.5) is 11.4 Å². The number of benzene rings is 1. The summed E-state index contributed by atoms with van der Waals surface area (Å²) < 4.78 is 0. The Morgan fingerprint density at radius 2 is 1.89 bits per heavy atom. The number of fused-ring (bicyclic) bond motifs is 1. The number of amides is 1. The Labute approximate surface area is 165 Å². The van der Waals surface area contributed by atoms with Gasteiger partial charge in [0.15, 0.2) is 0 Å². The van der Waals surface area contributed by atoms with E-state index in [9.17, 15) is 4.79 Å². The number of anilines is 2. The lowest BCUT2D eigenvalue weighted by molar-refractivity contribution is -0.116. The number of rotatable bonds is 5. The predicted octanol–water partition coefficient (Wildman–Crippen LogP) is 3.72. The first kappa shape index (κ1) is 18.5. The van der Waals surface area contributed by atoms with Crippen molar-refractivity contribution in [3.63, 3.8) is 0 Å². The molecule has 4 rings (SSSR count). The van der Waals surface area contributed by atoms with E-state index in [4.69, 9.17) is 0 Å². The van der Waals surface area contributed by atoms with Crippen LogP contribution in [-0.2, 0) is 4.79 Å². The molecule has 6 nitrogen and oxygen atoms in total. The van der Waals surface area contributed by atoms with Crippen molar-refractivity contribution < 1.29 is 4.79 Å². The summed E-state index contributed by atoms with van der Waals surface area (Å²) in [5, 5.41) is 3.91. The minimum absolute atomic E-state index is 0.0327. The Morgan fingerprint density at radius 1 is 1.14 bits per heavy atom. The lowest BCUT2D eigenvalue weighted by Crippen LogP contribution is -2.44. The van der Waals surface area contributed by atoms with Crippen LogP contribution in [0.1, 0.15) is 19.8 Å². The van der Waals surface area contributed by atoms with Crippen LogP contribution >= 0.6 is 0 Å². The third-order valence-electron chi connectivity index (χ3n) is 5.35. The van der Waals surface area contributed by atoms with Gasteiger partial charge in [-0.15, -0.1) is 0 Å². The van der Waals surface area contributed by atoms with Crippen molar-refractivity contribution in [1.82, 2.24) is 14.9 Å². The first-order valence-electron chi connectivity index (χ1n) is 9.95. The van der Waals surface area contributed by atoms with Crippen molar-refractivity contribution in [3.8, 4) is 11.1 Å². The quantitative estimate of drug-likeness (QED) is 0.711. The van der Waals surface area contributed by atoms with Crippen molar-refractivity contribution >= 4 is 28.3 Å². The van der Waals surface area contributed by atoms with Crippen LogP contribution in [0, 0.1) is 0 Å². The van der Waals surface area contributed by atoms with E-state index in [0.29, 0.717) is 6.42 Å². The Morgan fingerprint density at radius 3 is 2.61 bits per heavy atom. The zero-order valence-electron chi connectivity index (χ0n) is 16.5. The van der Waals surface area contributed by atoms with E-state index >= 15 is 0 Å². The Bertz CT molecular complexity index is 955. The van der Waals surface area contributed by atoms with E-state index in [1.54, 1.807) is 0 Å². The zero-order chi connectivity index (χ0) is 19.5. The first-order valence-corrected chi connectivity index (χ1v) is 9.95. The van der Waals surface area contributed by atoms with Crippen molar-refractivity contribution in [2.75, 3.05) is 43.4 Å². The maximum atomic E-state index is 12.0. The fourth-order valence-corrected chi connectivity index (χ4v) is 3.63. The molecule has 6 heteroatoms. The second-order valence-corrected chi connectivity index (χ2v) is 7.46. The van der Waals surface area contributed by atoms with Gasteiger partial charge in [-0.2, -0.15) is 0 Å². The Kier molecular flexibility index (Phi) is 5.30. The van der Waals surface area contributed by atoms with Crippen molar-refractivity contribution in [3.05, 3.63) is 42.7 Å². The van der Waals surface area contributed by atoms with Gasteiger partial charge in [-0.25, -0.2) is 4.98 Å². The second-order valence-electron chi connectivity index (χ2n) is 7.46. The summed E-state index contributed by atoms with van der Waals surface area (Å²) in [6.07, 6.45) is 5.04. The largest absolute Gasteiger partial charge is 0.369 e.